The lowest BCUT2D eigenvalue weighted by Gasteiger charge is -2.29. The van der Waals surface area contributed by atoms with E-state index in [1.807, 2.05) is 7.05 Å². The molecule has 0 saturated carbocycles. The van der Waals surface area contributed by atoms with Crippen LogP contribution < -0.4 is 11.1 Å². The van der Waals surface area contributed by atoms with Crippen molar-refractivity contribution in [2.45, 2.75) is 13.0 Å². The Hall–Kier alpha value is -1.60. The fourth-order valence-electron chi connectivity index (χ4n) is 1.89. The maximum atomic E-state index is 11.9. The number of H-pyrrole nitrogens is 1. The van der Waals surface area contributed by atoms with Crippen molar-refractivity contribution in [3.63, 3.8) is 0 Å². The summed E-state index contributed by atoms with van der Waals surface area (Å²) in [4.78, 5) is 14.0. The lowest BCUT2D eigenvalue weighted by molar-refractivity contribution is -0.0175. The number of anilines is 1. The number of likely N-dealkylation sites (N-methyl/N-ethyl adjacent to an activating group) is 1. The number of nitrogen functional groups attached to an aromatic ring is 1. The number of rotatable bonds is 3. The molecule has 1 aliphatic rings. The lowest BCUT2D eigenvalue weighted by Crippen LogP contribution is -2.46. The highest BCUT2D eigenvalue weighted by molar-refractivity contribution is 5.97. The molecular formula is C11H19N5O2. The number of nitrogens with two attached hydrogens (primary N) is 1. The van der Waals surface area contributed by atoms with Gasteiger partial charge in [-0.15, -0.1) is 0 Å². The maximum absolute atomic E-state index is 11.9. The van der Waals surface area contributed by atoms with E-state index in [1.54, 1.807) is 6.92 Å². The van der Waals surface area contributed by atoms with E-state index in [4.69, 9.17) is 10.5 Å². The van der Waals surface area contributed by atoms with Gasteiger partial charge in [-0.2, -0.15) is 5.10 Å². The van der Waals surface area contributed by atoms with Gasteiger partial charge in [-0.05, 0) is 14.0 Å². The predicted molar refractivity (Wildman–Crippen MR) is 67.3 cm³/mol. The summed E-state index contributed by atoms with van der Waals surface area (Å²) in [5.74, 6) is -0.270. The van der Waals surface area contributed by atoms with Gasteiger partial charge in [-0.1, -0.05) is 0 Å². The Morgan fingerprint density at radius 1 is 1.72 bits per heavy atom. The summed E-state index contributed by atoms with van der Waals surface area (Å²) >= 11 is 0. The van der Waals surface area contributed by atoms with E-state index >= 15 is 0 Å². The van der Waals surface area contributed by atoms with E-state index < -0.39 is 0 Å². The first kappa shape index (κ1) is 12.8. The van der Waals surface area contributed by atoms with Gasteiger partial charge >= 0.3 is 0 Å². The van der Waals surface area contributed by atoms with Gasteiger partial charge in [0.2, 0.25) is 0 Å². The molecule has 1 amide bonds. The van der Waals surface area contributed by atoms with Gasteiger partial charge in [-0.25, -0.2) is 0 Å². The molecule has 2 heterocycles. The van der Waals surface area contributed by atoms with Gasteiger partial charge in [0, 0.05) is 19.6 Å². The number of hydrogen-bond donors (Lipinski definition) is 3. The first-order valence-electron chi connectivity index (χ1n) is 5.96. The topological polar surface area (TPSA) is 96.3 Å². The first-order chi connectivity index (χ1) is 8.58. The molecule has 4 N–H and O–H groups in total. The van der Waals surface area contributed by atoms with Crippen LogP contribution in [0.2, 0.25) is 0 Å². The monoisotopic (exact) mass is 253 g/mol. The Bertz CT molecular complexity index is 431. The molecule has 0 aliphatic carbocycles. The van der Waals surface area contributed by atoms with Gasteiger partial charge in [0.05, 0.1) is 24.1 Å². The van der Waals surface area contributed by atoms with Crippen molar-refractivity contribution in [2.75, 3.05) is 39.0 Å². The van der Waals surface area contributed by atoms with Gasteiger partial charge < -0.3 is 20.7 Å². The summed E-state index contributed by atoms with van der Waals surface area (Å²) in [5.41, 5.74) is 7.09. The summed E-state index contributed by atoms with van der Waals surface area (Å²) in [5, 5.41) is 9.36. The number of nitrogens with one attached hydrogen (secondary N) is 2. The Morgan fingerprint density at radius 3 is 3.11 bits per heavy atom. The van der Waals surface area contributed by atoms with Crippen LogP contribution in [0.4, 0.5) is 5.69 Å². The van der Waals surface area contributed by atoms with Crippen molar-refractivity contribution in [1.82, 2.24) is 20.4 Å². The molecule has 1 aromatic heterocycles. The molecule has 0 spiro atoms. The van der Waals surface area contributed by atoms with Crippen LogP contribution in [0.15, 0.2) is 0 Å². The third-order valence-electron chi connectivity index (χ3n) is 3.04. The molecule has 0 aromatic carbocycles. The summed E-state index contributed by atoms with van der Waals surface area (Å²) in [6.45, 7) is 4.68. The highest BCUT2D eigenvalue weighted by atomic mass is 16.5. The summed E-state index contributed by atoms with van der Waals surface area (Å²) in [6.07, 6.45) is 0.0222. The molecule has 2 rings (SSSR count). The number of morpholine rings is 1. The van der Waals surface area contributed by atoms with Crippen LogP contribution in [0.25, 0.3) is 0 Å². The first-order valence-corrected chi connectivity index (χ1v) is 5.96. The van der Waals surface area contributed by atoms with Gasteiger partial charge in [0.25, 0.3) is 5.91 Å². The van der Waals surface area contributed by atoms with E-state index in [2.05, 4.69) is 20.4 Å². The molecule has 0 radical (unpaired) electrons. The average molecular weight is 253 g/mol. The standard InChI is InChI=1S/C11H19N5O2/c1-7-9(12)10(15-14-7)11(17)13-5-8-6-16(2)3-4-18-8/h8H,3-6,12H2,1-2H3,(H,13,17)(H,14,15). The number of aromatic nitrogens is 2. The highest BCUT2D eigenvalue weighted by Gasteiger charge is 2.20. The third kappa shape index (κ3) is 2.80. The lowest BCUT2D eigenvalue weighted by atomic mass is 10.2. The number of nitrogens with zero attached hydrogens (tertiary/aromatic N) is 2. The predicted octanol–water partition coefficient (Wildman–Crippen LogP) is -0.639. The SMILES string of the molecule is Cc1[nH]nc(C(=O)NCC2CN(C)CCO2)c1N. The largest absolute Gasteiger partial charge is 0.395 e. The van der Waals surface area contributed by atoms with E-state index in [9.17, 15) is 4.79 Å². The number of aromatic amines is 1. The van der Waals surface area contributed by atoms with Crippen LogP contribution in [0.5, 0.6) is 0 Å². The van der Waals surface area contributed by atoms with E-state index in [0.717, 1.165) is 13.1 Å². The van der Waals surface area contributed by atoms with Crippen molar-refractivity contribution in [1.29, 1.82) is 0 Å². The minimum atomic E-state index is -0.270. The minimum Gasteiger partial charge on any atom is -0.395 e. The maximum Gasteiger partial charge on any atom is 0.274 e. The van der Waals surface area contributed by atoms with Gasteiger partial charge in [0.1, 0.15) is 0 Å². The van der Waals surface area contributed by atoms with Crippen LogP contribution in [0, 0.1) is 6.92 Å². The molecule has 0 bridgehead atoms. The zero-order chi connectivity index (χ0) is 13.1. The van der Waals surface area contributed by atoms with Crippen molar-refractivity contribution in [3.05, 3.63) is 11.4 Å². The second-order valence-corrected chi connectivity index (χ2v) is 4.58. The Labute approximate surface area is 106 Å². The molecule has 1 unspecified atom stereocenters. The third-order valence-corrected chi connectivity index (χ3v) is 3.04. The fourth-order valence-corrected chi connectivity index (χ4v) is 1.89. The zero-order valence-corrected chi connectivity index (χ0v) is 10.7. The smallest absolute Gasteiger partial charge is 0.274 e. The molecule has 1 atom stereocenters. The molecule has 7 nitrogen and oxygen atoms in total. The summed E-state index contributed by atoms with van der Waals surface area (Å²) < 4.78 is 5.55. The molecule has 18 heavy (non-hydrogen) atoms. The van der Waals surface area contributed by atoms with E-state index in [1.165, 1.54) is 0 Å². The Balaban J connectivity index is 1.86. The van der Waals surface area contributed by atoms with Gasteiger partial charge in [0.15, 0.2) is 5.69 Å². The molecule has 1 aliphatic heterocycles. The number of hydrogen-bond acceptors (Lipinski definition) is 5. The van der Waals surface area contributed by atoms with Crippen LogP contribution in [-0.2, 0) is 4.74 Å². The van der Waals surface area contributed by atoms with Crippen LogP contribution in [0.3, 0.4) is 0 Å². The molecular weight excluding hydrogens is 234 g/mol. The average Bonchev–Trinajstić information content (AvgIpc) is 2.67. The quantitative estimate of drug-likeness (QED) is 0.666. The Morgan fingerprint density at radius 2 is 2.50 bits per heavy atom. The van der Waals surface area contributed by atoms with Crippen molar-refractivity contribution in [2.24, 2.45) is 0 Å². The number of ether oxygens (including phenoxy) is 1. The number of amides is 1. The molecule has 7 heteroatoms. The van der Waals surface area contributed by atoms with E-state index in [-0.39, 0.29) is 17.7 Å². The normalized spacial score (nSPS) is 20.9. The molecule has 100 valence electrons. The number of aryl methyl sites for hydroxylation is 1. The van der Waals surface area contributed by atoms with Crippen LogP contribution >= 0.6 is 0 Å². The molecule has 1 aromatic rings. The van der Waals surface area contributed by atoms with Crippen LogP contribution in [0.1, 0.15) is 16.2 Å². The Kier molecular flexibility index (Phi) is 3.83. The zero-order valence-electron chi connectivity index (χ0n) is 10.7. The van der Waals surface area contributed by atoms with Crippen molar-refractivity contribution in [3.8, 4) is 0 Å². The fraction of sp³-hybridized carbons (Fsp3) is 0.636. The van der Waals surface area contributed by atoms with Crippen LogP contribution in [-0.4, -0.2) is 60.4 Å². The number of carbonyl (C=O) groups excluding carboxylic acids is 1. The van der Waals surface area contributed by atoms with E-state index in [0.29, 0.717) is 24.5 Å². The number of carbonyl (C=O) groups is 1. The molecule has 1 fully saturated rings. The summed E-state index contributed by atoms with van der Waals surface area (Å²) in [6, 6.07) is 0. The summed E-state index contributed by atoms with van der Waals surface area (Å²) in [7, 11) is 2.03. The van der Waals surface area contributed by atoms with Gasteiger partial charge in [-0.3, -0.25) is 9.89 Å². The van der Waals surface area contributed by atoms with Crippen molar-refractivity contribution < 1.29 is 9.53 Å². The molecule has 1 saturated heterocycles. The minimum absolute atomic E-state index is 0.0222. The highest BCUT2D eigenvalue weighted by Crippen LogP contribution is 2.12. The second-order valence-electron chi connectivity index (χ2n) is 4.58. The van der Waals surface area contributed by atoms with Crippen molar-refractivity contribution >= 4 is 11.6 Å². The second kappa shape index (κ2) is 5.36.